The van der Waals surface area contributed by atoms with E-state index in [0.29, 0.717) is 23.9 Å². The Bertz CT molecular complexity index is 744. The lowest BCUT2D eigenvalue weighted by atomic mass is 9.93. The normalized spacial score (nSPS) is 13.6. The first-order chi connectivity index (χ1) is 11.4. The highest BCUT2D eigenvalue weighted by molar-refractivity contribution is 6.06. The minimum Gasteiger partial charge on any atom is -0.480 e. The molecule has 6 nitrogen and oxygen atoms in total. The van der Waals surface area contributed by atoms with Gasteiger partial charge in [-0.2, -0.15) is 0 Å². The zero-order valence-corrected chi connectivity index (χ0v) is 13.9. The first kappa shape index (κ1) is 17.9. The van der Waals surface area contributed by atoms with E-state index < -0.39 is 23.2 Å². The highest BCUT2D eigenvalue weighted by Crippen LogP contribution is 2.21. The third kappa shape index (κ3) is 3.90. The van der Waals surface area contributed by atoms with Crippen LogP contribution < -0.4 is 5.32 Å². The van der Waals surface area contributed by atoms with Crippen LogP contribution in [0.15, 0.2) is 18.5 Å². The van der Waals surface area contributed by atoms with E-state index in [1.165, 1.54) is 19.3 Å². The summed E-state index contributed by atoms with van der Waals surface area (Å²) >= 11 is 0. The lowest BCUT2D eigenvalue weighted by molar-refractivity contribution is -0.144. The van der Waals surface area contributed by atoms with Crippen molar-refractivity contribution in [1.29, 1.82) is 0 Å². The number of halogens is 1. The maximum Gasteiger partial charge on any atom is 0.329 e. The van der Waals surface area contributed by atoms with Crippen LogP contribution in [0.2, 0.25) is 0 Å². The fourth-order valence-corrected chi connectivity index (χ4v) is 2.63. The Labute approximate surface area is 139 Å². The van der Waals surface area contributed by atoms with Crippen molar-refractivity contribution in [3.8, 4) is 0 Å². The molecule has 3 N–H and O–H groups in total. The summed E-state index contributed by atoms with van der Waals surface area (Å²) < 4.78 is 13.7. The smallest absolute Gasteiger partial charge is 0.329 e. The Hall–Kier alpha value is -2.44. The van der Waals surface area contributed by atoms with Gasteiger partial charge in [-0.25, -0.2) is 14.2 Å². The van der Waals surface area contributed by atoms with Gasteiger partial charge in [0.25, 0.3) is 5.91 Å². The van der Waals surface area contributed by atoms with Crippen molar-refractivity contribution in [3.05, 3.63) is 29.8 Å². The van der Waals surface area contributed by atoms with E-state index in [-0.39, 0.29) is 5.56 Å². The lowest BCUT2D eigenvalue weighted by Crippen LogP contribution is -2.52. The molecule has 1 atom stereocenters. The number of hydrogen-bond donors (Lipinski definition) is 3. The summed E-state index contributed by atoms with van der Waals surface area (Å²) in [6.07, 6.45) is 5.32. The topological polar surface area (TPSA) is 95.1 Å². The van der Waals surface area contributed by atoms with E-state index in [0.717, 1.165) is 25.3 Å². The minimum absolute atomic E-state index is 0.0206. The van der Waals surface area contributed by atoms with E-state index in [9.17, 15) is 19.1 Å². The highest BCUT2D eigenvalue weighted by Gasteiger charge is 2.35. The number of amides is 1. The molecule has 7 heteroatoms. The Kier molecular flexibility index (Phi) is 5.54. The molecule has 0 unspecified atom stereocenters. The molecule has 0 saturated heterocycles. The van der Waals surface area contributed by atoms with Crippen molar-refractivity contribution >= 4 is 22.9 Å². The van der Waals surface area contributed by atoms with Crippen LogP contribution >= 0.6 is 0 Å². The lowest BCUT2D eigenvalue weighted by Gasteiger charge is -2.26. The van der Waals surface area contributed by atoms with Gasteiger partial charge in [-0.05, 0) is 25.5 Å². The van der Waals surface area contributed by atoms with E-state index in [2.05, 4.69) is 22.2 Å². The molecule has 0 radical (unpaired) electrons. The van der Waals surface area contributed by atoms with E-state index in [4.69, 9.17) is 0 Å². The number of rotatable bonds is 8. The van der Waals surface area contributed by atoms with Crippen LogP contribution in [0.5, 0.6) is 0 Å². The van der Waals surface area contributed by atoms with Gasteiger partial charge in [0.15, 0.2) is 0 Å². The van der Waals surface area contributed by atoms with Crippen LogP contribution in [-0.2, 0) is 4.79 Å². The average molecular weight is 335 g/mol. The molecular weight excluding hydrogens is 313 g/mol. The van der Waals surface area contributed by atoms with Gasteiger partial charge in [0, 0.05) is 0 Å². The average Bonchev–Trinajstić information content (AvgIpc) is 2.98. The van der Waals surface area contributed by atoms with Crippen LogP contribution in [0, 0.1) is 5.82 Å². The molecule has 0 bridgehead atoms. The van der Waals surface area contributed by atoms with Gasteiger partial charge < -0.3 is 15.4 Å². The number of nitrogens with zero attached hydrogens (tertiary/aromatic N) is 1. The predicted octanol–water partition coefficient (Wildman–Crippen LogP) is 3.25. The number of aliphatic carboxylic acids is 1. The first-order valence-corrected chi connectivity index (χ1v) is 8.06. The SMILES string of the molecule is CCCCCC[C@](C)(NC(=O)c1cc(F)cc2[nH]cnc12)C(=O)O. The molecule has 1 heterocycles. The van der Waals surface area contributed by atoms with Gasteiger partial charge in [0.1, 0.15) is 16.9 Å². The zero-order chi connectivity index (χ0) is 17.7. The third-order valence-corrected chi connectivity index (χ3v) is 4.12. The molecule has 24 heavy (non-hydrogen) atoms. The van der Waals surface area contributed by atoms with Gasteiger partial charge in [0.2, 0.25) is 0 Å². The number of aromatic amines is 1. The van der Waals surface area contributed by atoms with Gasteiger partial charge in [-0.1, -0.05) is 32.6 Å². The molecule has 0 aliphatic heterocycles. The second-order valence-corrected chi connectivity index (χ2v) is 6.15. The molecule has 1 aromatic carbocycles. The molecule has 1 aromatic heterocycles. The van der Waals surface area contributed by atoms with E-state index in [1.54, 1.807) is 0 Å². The maximum absolute atomic E-state index is 13.7. The first-order valence-electron chi connectivity index (χ1n) is 8.06. The number of imidazole rings is 1. The van der Waals surface area contributed by atoms with Crippen LogP contribution in [0.1, 0.15) is 56.3 Å². The van der Waals surface area contributed by atoms with Crippen molar-refractivity contribution in [2.75, 3.05) is 0 Å². The second kappa shape index (κ2) is 7.42. The summed E-state index contributed by atoms with van der Waals surface area (Å²) in [6, 6.07) is 2.30. The summed E-state index contributed by atoms with van der Waals surface area (Å²) in [4.78, 5) is 30.9. The molecule has 0 spiro atoms. The predicted molar refractivity (Wildman–Crippen MR) is 88.3 cm³/mol. The molecule has 2 aromatic rings. The summed E-state index contributed by atoms with van der Waals surface area (Å²) in [5, 5.41) is 12.0. The number of nitrogens with one attached hydrogen (secondary N) is 2. The molecule has 130 valence electrons. The zero-order valence-electron chi connectivity index (χ0n) is 13.9. The van der Waals surface area contributed by atoms with Crippen molar-refractivity contribution < 1.29 is 19.1 Å². The number of fused-ring (bicyclic) bond motifs is 1. The molecule has 0 aliphatic rings. The number of hydrogen-bond acceptors (Lipinski definition) is 3. The fraction of sp³-hybridized carbons (Fsp3) is 0.471. The Balaban J connectivity index is 2.20. The number of H-pyrrole nitrogens is 1. The van der Waals surface area contributed by atoms with Crippen molar-refractivity contribution in [3.63, 3.8) is 0 Å². The Morgan fingerprint density at radius 3 is 2.75 bits per heavy atom. The molecule has 0 fully saturated rings. The van der Waals surface area contributed by atoms with E-state index in [1.807, 2.05) is 0 Å². The standard InChI is InChI=1S/C17H22FN3O3/c1-3-4-5-6-7-17(2,16(23)24)21-15(22)12-8-11(18)9-13-14(12)20-10-19-13/h8-10H,3-7H2,1-2H3,(H,19,20)(H,21,22)(H,23,24)/t17-/m0/s1. The third-order valence-electron chi connectivity index (χ3n) is 4.12. The van der Waals surface area contributed by atoms with Crippen LogP contribution in [0.3, 0.4) is 0 Å². The van der Waals surface area contributed by atoms with Crippen LogP contribution in [0.4, 0.5) is 4.39 Å². The quantitative estimate of drug-likeness (QED) is 0.645. The number of carboxylic acid groups (broad SMARTS) is 1. The highest BCUT2D eigenvalue weighted by atomic mass is 19.1. The number of unbranched alkanes of at least 4 members (excludes halogenated alkanes) is 3. The van der Waals surface area contributed by atoms with Crippen molar-refractivity contribution in [1.82, 2.24) is 15.3 Å². The van der Waals surface area contributed by atoms with Gasteiger partial charge in [0.05, 0.1) is 17.4 Å². The molecule has 0 saturated carbocycles. The van der Waals surface area contributed by atoms with Crippen molar-refractivity contribution in [2.24, 2.45) is 0 Å². The number of benzene rings is 1. The number of carbonyl (C=O) groups is 2. The maximum atomic E-state index is 13.7. The van der Waals surface area contributed by atoms with Crippen molar-refractivity contribution in [2.45, 2.75) is 51.5 Å². The molecule has 0 aliphatic carbocycles. The Morgan fingerprint density at radius 1 is 1.33 bits per heavy atom. The Morgan fingerprint density at radius 2 is 2.08 bits per heavy atom. The minimum atomic E-state index is -1.40. The monoisotopic (exact) mass is 335 g/mol. The molecule has 2 rings (SSSR count). The summed E-state index contributed by atoms with van der Waals surface area (Å²) in [6.45, 7) is 3.54. The van der Waals surface area contributed by atoms with Gasteiger partial charge in [-0.15, -0.1) is 0 Å². The van der Waals surface area contributed by atoms with Crippen LogP contribution in [-0.4, -0.2) is 32.5 Å². The number of carbonyl (C=O) groups excluding carboxylic acids is 1. The summed E-state index contributed by atoms with van der Waals surface area (Å²) in [5.74, 6) is -2.34. The fourth-order valence-electron chi connectivity index (χ4n) is 2.63. The van der Waals surface area contributed by atoms with Crippen LogP contribution in [0.25, 0.3) is 11.0 Å². The van der Waals surface area contributed by atoms with Gasteiger partial charge >= 0.3 is 5.97 Å². The second-order valence-electron chi connectivity index (χ2n) is 6.15. The largest absolute Gasteiger partial charge is 0.480 e. The van der Waals surface area contributed by atoms with Gasteiger partial charge in [-0.3, -0.25) is 4.79 Å². The summed E-state index contributed by atoms with van der Waals surface area (Å²) in [7, 11) is 0. The number of aromatic nitrogens is 2. The number of carboxylic acids is 1. The molecule has 1 amide bonds. The summed E-state index contributed by atoms with van der Waals surface area (Å²) in [5.41, 5.74) is -0.681. The van der Waals surface area contributed by atoms with E-state index >= 15 is 0 Å². The molecular formula is C17H22FN3O3.